The lowest BCUT2D eigenvalue weighted by Gasteiger charge is -2.14. The molecule has 1 saturated heterocycles. The Morgan fingerprint density at radius 3 is 2.50 bits per heavy atom. The Kier molecular flexibility index (Phi) is 7.00. The fourth-order valence-electron chi connectivity index (χ4n) is 3.25. The number of hydrogen-bond acceptors (Lipinski definition) is 5. The summed E-state index contributed by atoms with van der Waals surface area (Å²) in [7, 11) is 0. The summed E-state index contributed by atoms with van der Waals surface area (Å²) in [4.78, 5) is 37.5. The van der Waals surface area contributed by atoms with Crippen molar-refractivity contribution in [2.24, 2.45) is 0 Å². The van der Waals surface area contributed by atoms with Crippen LogP contribution in [0.25, 0.3) is 6.08 Å². The maximum Gasteiger partial charge on any atom is 0.335 e. The molecule has 3 aromatic rings. The molecule has 1 aliphatic rings. The summed E-state index contributed by atoms with van der Waals surface area (Å²) >= 11 is 6.80. The van der Waals surface area contributed by atoms with Crippen molar-refractivity contribution >= 4 is 46.6 Å². The highest BCUT2D eigenvalue weighted by Gasteiger charge is 2.36. The van der Waals surface area contributed by atoms with E-state index >= 15 is 0 Å². The molecule has 2 amide bonds. The van der Waals surface area contributed by atoms with Gasteiger partial charge in [0.15, 0.2) is 0 Å². The van der Waals surface area contributed by atoms with E-state index in [2.05, 4.69) is 0 Å². The van der Waals surface area contributed by atoms with Crippen molar-refractivity contribution in [1.82, 2.24) is 4.90 Å². The van der Waals surface area contributed by atoms with Gasteiger partial charge in [0.25, 0.3) is 11.1 Å². The van der Waals surface area contributed by atoms with Gasteiger partial charge in [-0.15, -0.1) is 0 Å². The van der Waals surface area contributed by atoms with E-state index in [1.807, 2.05) is 0 Å². The number of rotatable bonds is 7. The van der Waals surface area contributed by atoms with E-state index in [0.717, 1.165) is 22.2 Å². The molecule has 6 nitrogen and oxygen atoms in total. The standard InChI is InChI=1S/C25H17ClFNO5S/c26-19-5-3-6-20(27)18(19)13-28-23(29)22(34-25(28)32)12-17-4-1-2-7-21(17)33-14-15-8-10-16(11-9-15)24(30)31/h1-12H,13-14H2,(H,30,31)/b22-12+. The number of ether oxygens (including phenoxy) is 1. The molecule has 0 aromatic heterocycles. The van der Waals surface area contributed by atoms with E-state index in [1.165, 1.54) is 30.3 Å². The maximum atomic E-state index is 14.1. The Bertz CT molecular complexity index is 1290. The van der Waals surface area contributed by atoms with Gasteiger partial charge in [-0.2, -0.15) is 0 Å². The molecule has 9 heteroatoms. The molecule has 4 rings (SSSR count). The first-order chi connectivity index (χ1) is 16.3. The minimum Gasteiger partial charge on any atom is -0.488 e. The predicted octanol–water partition coefficient (Wildman–Crippen LogP) is 5.99. The van der Waals surface area contributed by atoms with E-state index in [0.29, 0.717) is 11.3 Å². The van der Waals surface area contributed by atoms with Crippen molar-refractivity contribution in [3.05, 3.63) is 105 Å². The third-order valence-electron chi connectivity index (χ3n) is 5.05. The predicted molar refractivity (Wildman–Crippen MR) is 127 cm³/mol. The smallest absolute Gasteiger partial charge is 0.335 e. The van der Waals surface area contributed by atoms with Crippen LogP contribution >= 0.6 is 23.4 Å². The van der Waals surface area contributed by atoms with Gasteiger partial charge in [0.1, 0.15) is 18.2 Å². The number of carboxylic acids is 1. The second-order valence-electron chi connectivity index (χ2n) is 7.30. The summed E-state index contributed by atoms with van der Waals surface area (Å²) in [5.41, 5.74) is 1.60. The Morgan fingerprint density at radius 1 is 1.06 bits per heavy atom. The third kappa shape index (κ3) is 5.13. The summed E-state index contributed by atoms with van der Waals surface area (Å²) in [5.74, 6) is -1.67. The topological polar surface area (TPSA) is 83.9 Å². The van der Waals surface area contributed by atoms with Crippen molar-refractivity contribution in [1.29, 1.82) is 0 Å². The zero-order valence-electron chi connectivity index (χ0n) is 17.5. The molecule has 1 heterocycles. The second kappa shape index (κ2) is 10.1. The van der Waals surface area contributed by atoms with Crippen molar-refractivity contribution < 1.29 is 28.6 Å². The lowest BCUT2D eigenvalue weighted by Crippen LogP contribution is -2.28. The van der Waals surface area contributed by atoms with E-state index in [9.17, 15) is 18.8 Å². The highest BCUT2D eigenvalue weighted by molar-refractivity contribution is 8.18. The van der Waals surface area contributed by atoms with Crippen LogP contribution < -0.4 is 4.74 Å². The largest absolute Gasteiger partial charge is 0.488 e. The Morgan fingerprint density at radius 2 is 1.79 bits per heavy atom. The molecular weight excluding hydrogens is 481 g/mol. The average molecular weight is 498 g/mol. The monoisotopic (exact) mass is 497 g/mol. The van der Waals surface area contributed by atoms with Gasteiger partial charge in [0.2, 0.25) is 0 Å². The number of carboxylic acid groups (broad SMARTS) is 1. The first-order valence-electron chi connectivity index (χ1n) is 10.1. The number of imide groups is 1. The lowest BCUT2D eigenvalue weighted by molar-refractivity contribution is -0.123. The average Bonchev–Trinajstić information content (AvgIpc) is 3.08. The van der Waals surface area contributed by atoms with Gasteiger partial charge in [-0.25, -0.2) is 9.18 Å². The molecule has 1 N–H and O–H groups in total. The van der Waals surface area contributed by atoms with E-state index in [4.69, 9.17) is 21.4 Å². The molecule has 1 fully saturated rings. The van der Waals surface area contributed by atoms with Crippen molar-refractivity contribution in [3.8, 4) is 5.75 Å². The number of hydrogen-bond donors (Lipinski definition) is 1. The molecule has 172 valence electrons. The molecule has 0 spiro atoms. The molecule has 0 saturated carbocycles. The van der Waals surface area contributed by atoms with Gasteiger partial charge >= 0.3 is 5.97 Å². The summed E-state index contributed by atoms with van der Waals surface area (Å²) in [5, 5.41) is 8.62. The zero-order valence-corrected chi connectivity index (χ0v) is 19.1. The highest BCUT2D eigenvalue weighted by Crippen LogP contribution is 2.36. The first-order valence-corrected chi connectivity index (χ1v) is 11.3. The number of thioether (sulfide) groups is 1. The number of carbonyl (C=O) groups is 3. The van der Waals surface area contributed by atoms with Gasteiger partial charge < -0.3 is 9.84 Å². The molecule has 3 aromatic carbocycles. The fraction of sp³-hybridized carbons (Fsp3) is 0.0800. The zero-order chi connectivity index (χ0) is 24.2. The molecule has 34 heavy (non-hydrogen) atoms. The van der Waals surface area contributed by atoms with Crippen molar-refractivity contribution in [3.63, 3.8) is 0 Å². The van der Waals surface area contributed by atoms with Crippen LogP contribution in [0.2, 0.25) is 5.02 Å². The van der Waals surface area contributed by atoms with Gasteiger partial charge in [0.05, 0.1) is 17.0 Å². The molecular formula is C25H17ClFNO5S. The Balaban J connectivity index is 1.51. The van der Waals surface area contributed by atoms with Crippen LogP contribution in [0.4, 0.5) is 9.18 Å². The van der Waals surface area contributed by atoms with Gasteiger partial charge in [-0.3, -0.25) is 14.5 Å². The number of aromatic carboxylic acids is 1. The van der Waals surface area contributed by atoms with Gasteiger partial charge in [0, 0.05) is 16.1 Å². The number of benzene rings is 3. The molecule has 0 bridgehead atoms. The van der Waals surface area contributed by atoms with Crippen LogP contribution in [0.1, 0.15) is 27.0 Å². The van der Waals surface area contributed by atoms with Crippen LogP contribution in [0, 0.1) is 5.82 Å². The van der Waals surface area contributed by atoms with Crippen LogP contribution in [0.15, 0.2) is 71.6 Å². The van der Waals surface area contributed by atoms with E-state index in [-0.39, 0.29) is 34.2 Å². The Labute approximate surface area is 203 Å². The second-order valence-corrected chi connectivity index (χ2v) is 8.70. The summed E-state index contributed by atoms with van der Waals surface area (Å²) in [6, 6.07) is 17.5. The molecule has 0 aliphatic carbocycles. The third-order valence-corrected chi connectivity index (χ3v) is 6.31. The minimum atomic E-state index is -1.01. The SMILES string of the molecule is O=C(O)c1ccc(COc2ccccc2/C=C2/SC(=O)N(Cc3c(F)cccc3Cl)C2=O)cc1. The Hall–Kier alpha value is -3.62. The number of nitrogens with zero attached hydrogens (tertiary/aromatic N) is 1. The molecule has 0 atom stereocenters. The van der Waals surface area contributed by atoms with E-state index < -0.39 is 22.9 Å². The molecule has 0 radical (unpaired) electrons. The fourth-order valence-corrected chi connectivity index (χ4v) is 4.31. The number of para-hydroxylation sites is 1. The number of carbonyl (C=O) groups excluding carboxylic acids is 2. The van der Waals surface area contributed by atoms with Crippen molar-refractivity contribution in [2.45, 2.75) is 13.2 Å². The van der Waals surface area contributed by atoms with Gasteiger partial charge in [-0.1, -0.05) is 48.0 Å². The highest BCUT2D eigenvalue weighted by atomic mass is 35.5. The van der Waals surface area contributed by atoms with Crippen LogP contribution in [0.5, 0.6) is 5.75 Å². The van der Waals surface area contributed by atoms with Crippen LogP contribution in [0.3, 0.4) is 0 Å². The number of halogens is 2. The minimum absolute atomic E-state index is 0.0744. The summed E-state index contributed by atoms with van der Waals surface area (Å²) in [6.07, 6.45) is 1.55. The number of amides is 2. The normalized spacial score (nSPS) is 14.6. The van der Waals surface area contributed by atoms with E-state index in [1.54, 1.807) is 42.5 Å². The van der Waals surface area contributed by atoms with Crippen LogP contribution in [-0.4, -0.2) is 27.1 Å². The summed E-state index contributed by atoms with van der Waals surface area (Å²) in [6.45, 7) is -0.0873. The quantitative estimate of drug-likeness (QED) is 0.403. The van der Waals surface area contributed by atoms with Crippen molar-refractivity contribution in [2.75, 3.05) is 0 Å². The first kappa shape index (κ1) is 23.5. The van der Waals surface area contributed by atoms with Gasteiger partial charge in [-0.05, 0) is 53.7 Å². The molecule has 1 aliphatic heterocycles. The lowest BCUT2D eigenvalue weighted by atomic mass is 10.1. The molecule has 0 unspecified atom stereocenters. The maximum absolute atomic E-state index is 14.1. The van der Waals surface area contributed by atoms with Crippen LogP contribution in [-0.2, 0) is 17.9 Å². The summed E-state index contributed by atoms with van der Waals surface area (Å²) < 4.78 is 20.0.